The molecule has 254 valence electrons. The fraction of sp³-hybridized carbons (Fsp3) is 0.297. The van der Waals surface area contributed by atoms with E-state index in [-0.39, 0.29) is 17.3 Å². The molecule has 4 aromatic rings. The number of methoxy groups -OCH3 is 1. The van der Waals surface area contributed by atoms with E-state index in [0.29, 0.717) is 42.0 Å². The smallest absolute Gasteiger partial charge is 0.410 e. The Labute approximate surface area is 283 Å². The maximum absolute atomic E-state index is 13.9. The van der Waals surface area contributed by atoms with Crippen LogP contribution in [0.1, 0.15) is 43.6 Å². The van der Waals surface area contributed by atoms with Gasteiger partial charge in [0.05, 0.1) is 25.0 Å². The van der Waals surface area contributed by atoms with Crippen molar-refractivity contribution in [3.05, 3.63) is 108 Å². The van der Waals surface area contributed by atoms with Crippen molar-refractivity contribution in [1.82, 2.24) is 4.90 Å². The molecule has 0 saturated heterocycles. The molecule has 4 aromatic carbocycles. The van der Waals surface area contributed by atoms with Gasteiger partial charge in [0.2, 0.25) is 0 Å². The van der Waals surface area contributed by atoms with Gasteiger partial charge < -0.3 is 24.0 Å². The second-order valence-corrected chi connectivity index (χ2v) is 13.8. The molecule has 1 amide bonds. The number of carbonyl (C=O) groups excluding carboxylic acids is 2. The molecule has 4 rings (SSSR count). The number of hydrogen-bond donors (Lipinski definition) is 1. The second kappa shape index (κ2) is 15.7. The topological polar surface area (TPSA) is 114 Å². The molecule has 0 aliphatic rings. The van der Waals surface area contributed by atoms with E-state index in [9.17, 15) is 18.0 Å². The molecule has 0 aliphatic carbocycles. The van der Waals surface area contributed by atoms with E-state index in [2.05, 4.69) is 9.62 Å². The molecule has 11 heteroatoms. The van der Waals surface area contributed by atoms with Gasteiger partial charge in [-0.3, -0.25) is 4.72 Å². The Kier molecular flexibility index (Phi) is 11.7. The molecule has 0 fully saturated rings. The Bertz CT molecular complexity index is 1820. The number of esters is 1. The zero-order valence-corrected chi connectivity index (χ0v) is 29.0. The molecule has 48 heavy (non-hydrogen) atoms. The molecule has 1 N–H and O–H groups in total. The van der Waals surface area contributed by atoms with Gasteiger partial charge in [-0.25, -0.2) is 18.0 Å². The van der Waals surface area contributed by atoms with Crippen LogP contribution in [0, 0.1) is 0 Å². The first-order valence-electron chi connectivity index (χ1n) is 15.6. The highest BCUT2D eigenvalue weighted by atomic mass is 32.2. The molecule has 0 heterocycles. The summed E-state index contributed by atoms with van der Waals surface area (Å²) >= 11 is 0. The summed E-state index contributed by atoms with van der Waals surface area (Å²) in [5, 5.41) is 0. The van der Waals surface area contributed by atoms with Crippen LogP contribution in [-0.2, 0) is 26.0 Å². The molecular formula is C37H43N3O7S. The van der Waals surface area contributed by atoms with Crippen molar-refractivity contribution in [2.45, 2.75) is 44.7 Å². The first-order valence-corrected chi connectivity index (χ1v) is 17.1. The lowest BCUT2D eigenvalue weighted by Crippen LogP contribution is -2.39. The molecule has 0 aliphatic heterocycles. The summed E-state index contributed by atoms with van der Waals surface area (Å²) < 4.78 is 46.7. The van der Waals surface area contributed by atoms with E-state index >= 15 is 0 Å². The van der Waals surface area contributed by atoms with Crippen LogP contribution in [0.25, 0.3) is 11.1 Å². The molecule has 0 saturated carbocycles. The molecule has 0 bridgehead atoms. The quantitative estimate of drug-likeness (QED) is 0.148. The van der Waals surface area contributed by atoms with Crippen molar-refractivity contribution in [3.8, 4) is 16.9 Å². The average Bonchev–Trinajstić information content (AvgIpc) is 3.06. The Morgan fingerprint density at radius 3 is 2.23 bits per heavy atom. The highest BCUT2D eigenvalue weighted by Gasteiger charge is 2.23. The molecule has 0 radical (unpaired) electrons. The zero-order chi connectivity index (χ0) is 34.9. The number of nitrogens with zero attached hydrogens (tertiary/aromatic N) is 2. The van der Waals surface area contributed by atoms with Gasteiger partial charge in [0.1, 0.15) is 16.2 Å². The van der Waals surface area contributed by atoms with Crippen LogP contribution < -0.4 is 14.4 Å². The van der Waals surface area contributed by atoms with E-state index < -0.39 is 27.7 Å². The fourth-order valence-electron chi connectivity index (χ4n) is 4.90. The Morgan fingerprint density at radius 2 is 1.54 bits per heavy atom. The zero-order valence-electron chi connectivity index (χ0n) is 28.2. The van der Waals surface area contributed by atoms with Gasteiger partial charge in [-0.15, -0.1) is 0 Å². The largest absolute Gasteiger partial charge is 0.492 e. The predicted octanol–water partition coefficient (Wildman–Crippen LogP) is 7.21. The van der Waals surface area contributed by atoms with Gasteiger partial charge in [-0.1, -0.05) is 54.6 Å². The lowest BCUT2D eigenvalue weighted by Gasteiger charge is -2.29. The monoisotopic (exact) mass is 673 g/mol. The van der Waals surface area contributed by atoms with Crippen molar-refractivity contribution < 1.29 is 32.2 Å². The van der Waals surface area contributed by atoms with Gasteiger partial charge in [0, 0.05) is 32.4 Å². The van der Waals surface area contributed by atoms with Crippen molar-refractivity contribution in [3.63, 3.8) is 0 Å². The Balaban J connectivity index is 1.63. The average molecular weight is 674 g/mol. The lowest BCUT2D eigenvalue weighted by molar-refractivity contribution is 0.0303. The number of rotatable bonds is 13. The normalized spacial score (nSPS) is 11.4. The van der Waals surface area contributed by atoms with Crippen molar-refractivity contribution in [1.29, 1.82) is 0 Å². The van der Waals surface area contributed by atoms with Gasteiger partial charge in [-0.2, -0.15) is 0 Å². The predicted molar refractivity (Wildman–Crippen MR) is 188 cm³/mol. The number of likely N-dealkylation sites (N-methyl/N-ethyl adjacent to an activating group) is 1. The molecule has 0 aromatic heterocycles. The summed E-state index contributed by atoms with van der Waals surface area (Å²) in [6, 6.07) is 28.7. The number of carbonyl (C=O) groups is 2. The number of amides is 1. The van der Waals surface area contributed by atoms with E-state index in [4.69, 9.17) is 14.2 Å². The maximum Gasteiger partial charge on any atom is 0.410 e. The molecular weight excluding hydrogens is 630 g/mol. The number of benzene rings is 4. The molecule has 0 spiro atoms. The number of hydrogen-bond acceptors (Lipinski definition) is 8. The van der Waals surface area contributed by atoms with Gasteiger partial charge in [0.25, 0.3) is 10.0 Å². The Hall–Kier alpha value is -5.03. The summed E-state index contributed by atoms with van der Waals surface area (Å²) in [6.07, 6.45) is -0.423. The van der Waals surface area contributed by atoms with Crippen LogP contribution in [0.5, 0.6) is 5.75 Å². The fourth-order valence-corrected chi connectivity index (χ4v) is 6.12. The summed E-state index contributed by atoms with van der Waals surface area (Å²) in [5.41, 5.74) is 3.13. The highest BCUT2D eigenvalue weighted by Crippen LogP contribution is 2.33. The van der Waals surface area contributed by atoms with Crippen LogP contribution in [0.15, 0.2) is 102 Å². The minimum atomic E-state index is -4.14. The van der Waals surface area contributed by atoms with Gasteiger partial charge in [-0.05, 0) is 86.8 Å². The second-order valence-electron chi connectivity index (χ2n) is 12.1. The number of sulfonamides is 1. The van der Waals surface area contributed by atoms with E-state index in [1.807, 2.05) is 57.2 Å². The van der Waals surface area contributed by atoms with Crippen LogP contribution >= 0.6 is 0 Å². The standard InChI is InChI=1S/C37H43N3O7S/c1-7-46-33-20-19-29(28-15-11-16-30(23-28)35(41)45-6)24-34(33)48(43,44)38-31-17-12-18-32(25-31)40(26-27-13-9-8-10-14-27)22-21-39(5)36(42)47-37(2,3)4/h8-20,23-25,38H,7,21-22,26H2,1-6H3. The van der Waals surface area contributed by atoms with Crippen molar-refractivity contribution >= 4 is 33.5 Å². The van der Waals surface area contributed by atoms with E-state index in [0.717, 1.165) is 11.3 Å². The van der Waals surface area contributed by atoms with Crippen LogP contribution in [0.4, 0.5) is 16.2 Å². The van der Waals surface area contributed by atoms with Crippen molar-refractivity contribution in [2.75, 3.05) is 43.5 Å². The number of anilines is 2. The third-order valence-electron chi connectivity index (χ3n) is 7.24. The summed E-state index contributed by atoms with van der Waals surface area (Å²) in [6.45, 7) is 8.88. The van der Waals surface area contributed by atoms with Crippen molar-refractivity contribution in [2.24, 2.45) is 0 Å². The minimum Gasteiger partial charge on any atom is -0.492 e. The third-order valence-corrected chi connectivity index (χ3v) is 8.64. The number of ether oxygens (including phenoxy) is 3. The SMILES string of the molecule is CCOc1ccc(-c2cccc(C(=O)OC)c2)cc1S(=O)(=O)Nc1cccc(N(CCN(C)C(=O)OC(C)(C)C)Cc2ccccc2)c1. The maximum atomic E-state index is 13.9. The number of nitrogens with one attached hydrogen (secondary N) is 1. The first kappa shape index (κ1) is 35.8. The van der Waals surface area contributed by atoms with E-state index in [1.54, 1.807) is 68.6 Å². The van der Waals surface area contributed by atoms with Crippen LogP contribution in [0.3, 0.4) is 0 Å². The summed E-state index contributed by atoms with van der Waals surface area (Å²) in [4.78, 5) is 28.3. The highest BCUT2D eigenvalue weighted by molar-refractivity contribution is 7.92. The molecule has 0 unspecified atom stereocenters. The Morgan fingerprint density at radius 1 is 0.833 bits per heavy atom. The summed E-state index contributed by atoms with van der Waals surface area (Å²) in [5.74, 6) is -0.292. The van der Waals surface area contributed by atoms with Crippen LogP contribution in [-0.4, -0.2) is 64.8 Å². The van der Waals surface area contributed by atoms with E-state index in [1.165, 1.54) is 18.1 Å². The third kappa shape index (κ3) is 9.74. The molecule has 0 atom stereocenters. The molecule has 10 nitrogen and oxygen atoms in total. The van der Waals surface area contributed by atoms with Gasteiger partial charge in [0.15, 0.2) is 0 Å². The lowest BCUT2D eigenvalue weighted by atomic mass is 10.0. The summed E-state index contributed by atoms with van der Waals surface area (Å²) in [7, 11) is -1.14. The van der Waals surface area contributed by atoms with Gasteiger partial charge >= 0.3 is 12.1 Å². The minimum absolute atomic E-state index is 0.0455. The van der Waals surface area contributed by atoms with Crippen LogP contribution in [0.2, 0.25) is 0 Å². The first-order chi connectivity index (χ1) is 22.8.